The number of ether oxygens (including phenoxy) is 1. The van der Waals surface area contributed by atoms with Crippen LogP contribution in [-0.2, 0) is 4.74 Å². The number of hydrogen-bond donors (Lipinski definition) is 0. The molecular formula is C26H49N3O. The summed E-state index contributed by atoms with van der Waals surface area (Å²) in [4.78, 5) is 8.22. The maximum Gasteiger partial charge on any atom is 0.0602 e. The van der Waals surface area contributed by atoms with Gasteiger partial charge in [0.25, 0.3) is 0 Å². The Morgan fingerprint density at radius 1 is 0.767 bits per heavy atom. The third-order valence-corrected chi connectivity index (χ3v) is 8.34. The van der Waals surface area contributed by atoms with E-state index in [1.165, 1.54) is 90.9 Å². The zero-order valence-electron chi connectivity index (χ0n) is 20.9. The molecule has 1 saturated carbocycles. The Balaban J connectivity index is 1.08. The fourth-order valence-electron chi connectivity index (χ4n) is 6.50. The fourth-order valence-corrected chi connectivity index (χ4v) is 6.50. The van der Waals surface area contributed by atoms with E-state index in [-0.39, 0.29) is 5.60 Å². The van der Waals surface area contributed by atoms with E-state index in [1.807, 2.05) is 0 Å². The molecule has 1 spiro atoms. The highest BCUT2D eigenvalue weighted by atomic mass is 16.5. The second-order valence-corrected chi connectivity index (χ2v) is 13.3. The lowest BCUT2D eigenvalue weighted by Gasteiger charge is -2.56. The molecule has 0 amide bonds. The molecule has 1 aliphatic carbocycles. The van der Waals surface area contributed by atoms with Gasteiger partial charge in [-0.15, -0.1) is 0 Å². The van der Waals surface area contributed by atoms with Gasteiger partial charge >= 0.3 is 0 Å². The van der Waals surface area contributed by atoms with E-state index in [0.29, 0.717) is 17.1 Å². The molecule has 3 heterocycles. The third-order valence-electron chi connectivity index (χ3n) is 8.34. The average Bonchev–Trinajstić information content (AvgIpc) is 2.58. The smallest absolute Gasteiger partial charge is 0.0602 e. The molecule has 0 aromatic carbocycles. The highest BCUT2D eigenvalue weighted by Gasteiger charge is 2.46. The molecule has 4 fully saturated rings. The summed E-state index contributed by atoms with van der Waals surface area (Å²) in [6, 6.07) is 0. The van der Waals surface area contributed by atoms with Crippen LogP contribution in [0, 0.1) is 17.3 Å². The van der Waals surface area contributed by atoms with Crippen LogP contribution in [0.4, 0.5) is 0 Å². The molecular weight excluding hydrogens is 370 g/mol. The molecule has 174 valence electrons. The first-order valence-electron chi connectivity index (χ1n) is 12.9. The van der Waals surface area contributed by atoms with Gasteiger partial charge in [0.05, 0.1) is 11.7 Å². The summed E-state index contributed by atoms with van der Waals surface area (Å²) in [6.07, 6.45) is 8.73. The Bertz CT molecular complexity index is 548. The highest BCUT2D eigenvalue weighted by Crippen LogP contribution is 2.42. The molecule has 4 nitrogen and oxygen atoms in total. The van der Waals surface area contributed by atoms with Crippen LogP contribution in [0.25, 0.3) is 0 Å². The van der Waals surface area contributed by atoms with E-state index >= 15 is 0 Å². The Labute approximate surface area is 186 Å². The highest BCUT2D eigenvalue weighted by molar-refractivity contribution is 5.00. The van der Waals surface area contributed by atoms with E-state index in [9.17, 15) is 0 Å². The summed E-state index contributed by atoms with van der Waals surface area (Å²) in [5.41, 5.74) is 1.03. The van der Waals surface area contributed by atoms with Gasteiger partial charge in [0, 0.05) is 31.7 Å². The number of piperidine rings is 2. The van der Waals surface area contributed by atoms with Gasteiger partial charge in [-0.05, 0) is 123 Å². The molecule has 0 N–H and O–H groups in total. The second kappa shape index (κ2) is 8.65. The van der Waals surface area contributed by atoms with Gasteiger partial charge < -0.3 is 14.5 Å². The zero-order valence-corrected chi connectivity index (χ0v) is 20.9. The summed E-state index contributed by atoms with van der Waals surface area (Å²) < 4.78 is 6.12. The quantitative estimate of drug-likeness (QED) is 0.653. The number of likely N-dealkylation sites (tertiary alicyclic amines) is 3. The van der Waals surface area contributed by atoms with Gasteiger partial charge in [0.1, 0.15) is 0 Å². The molecule has 4 rings (SSSR count). The number of rotatable bonds is 5. The van der Waals surface area contributed by atoms with E-state index in [0.717, 1.165) is 11.8 Å². The zero-order chi connectivity index (χ0) is 21.6. The lowest BCUT2D eigenvalue weighted by Crippen LogP contribution is -2.62. The van der Waals surface area contributed by atoms with Crippen LogP contribution in [0.15, 0.2) is 0 Å². The lowest BCUT2D eigenvalue weighted by molar-refractivity contribution is -0.116. The standard InChI is InChI=1S/C26H49N3O/c1-24(2,3)29-13-9-26(10-14-29)19-28(20-26)17-21-7-11-27(12-8-21)18-22-15-23(16-22)30-25(4,5)6/h21-23H,7-20H2,1-6H3. The molecule has 0 unspecified atom stereocenters. The van der Waals surface area contributed by atoms with Crippen molar-refractivity contribution in [2.24, 2.45) is 17.3 Å². The maximum atomic E-state index is 6.12. The molecule has 0 aromatic rings. The van der Waals surface area contributed by atoms with Crippen molar-refractivity contribution in [1.82, 2.24) is 14.7 Å². The second-order valence-electron chi connectivity index (χ2n) is 13.3. The van der Waals surface area contributed by atoms with Crippen molar-refractivity contribution in [2.45, 2.75) is 97.3 Å². The summed E-state index contributed by atoms with van der Waals surface area (Å²) in [7, 11) is 0. The molecule has 3 saturated heterocycles. The van der Waals surface area contributed by atoms with Gasteiger partial charge in [0.15, 0.2) is 0 Å². The number of hydrogen-bond acceptors (Lipinski definition) is 4. The van der Waals surface area contributed by atoms with Crippen LogP contribution in [0.1, 0.15) is 80.1 Å². The van der Waals surface area contributed by atoms with Gasteiger partial charge in [-0.1, -0.05) is 0 Å². The van der Waals surface area contributed by atoms with Crippen LogP contribution in [0.2, 0.25) is 0 Å². The van der Waals surface area contributed by atoms with E-state index in [2.05, 4.69) is 56.2 Å². The minimum atomic E-state index is 0.0209. The van der Waals surface area contributed by atoms with Crippen molar-refractivity contribution in [3.05, 3.63) is 0 Å². The predicted molar refractivity (Wildman–Crippen MR) is 126 cm³/mol. The SMILES string of the molecule is CC(C)(C)OC1CC(CN2CCC(CN3CC4(CCN(C(C)(C)C)CC4)C3)CC2)C1. The molecule has 0 bridgehead atoms. The van der Waals surface area contributed by atoms with Crippen molar-refractivity contribution in [3.8, 4) is 0 Å². The van der Waals surface area contributed by atoms with Crippen LogP contribution in [-0.4, -0.2) is 84.3 Å². The molecule has 3 aliphatic heterocycles. The van der Waals surface area contributed by atoms with Gasteiger partial charge in [-0.25, -0.2) is 0 Å². The topological polar surface area (TPSA) is 19.0 Å². The molecule has 4 heteroatoms. The Morgan fingerprint density at radius 2 is 1.33 bits per heavy atom. The summed E-state index contributed by atoms with van der Waals surface area (Å²) in [5, 5.41) is 0. The Hall–Kier alpha value is -0.160. The van der Waals surface area contributed by atoms with E-state index < -0.39 is 0 Å². The summed E-state index contributed by atoms with van der Waals surface area (Å²) >= 11 is 0. The monoisotopic (exact) mass is 419 g/mol. The Morgan fingerprint density at radius 3 is 1.87 bits per heavy atom. The van der Waals surface area contributed by atoms with E-state index in [1.54, 1.807) is 0 Å². The van der Waals surface area contributed by atoms with E-state index in [4.69, 9.17) is 4.74 Å². The van der Waals surface area contributed by atoms with Gasteiger partial charge in [0.2, 0.25) is 0 Å². The minimum Gasteiger partial charge on any atom is -0.373 e. The van der Waals surface area contributed by atoms with Crippen molar-refractivity contribution in [1.29, 1.82) is 0 Å². The van der Waals surface area contributed by atoms with Crippen molar-refractivity contribution in [2.75, 3.05) is 52.4 Å². The molecule has 0 radical (unpaired) electrons. The van der Waals surface area contributed by atoms with Crippen LogP contribution in [0.3, 0.4) is 0 Å². The average molecular weight is 420 g/mol. The van der Waals surface area contributed by atoms with Crippen LogP contribution >= 0.6 is 0 Å². The minimum absolute atomic E-state index is 0.0209. The van der Waals surface area contributed by atoms with Gasteiger partial charge in [-0.3, -0.25) is 4.90 Å². The Kier molecular flexibility index (Phi) is 6.63. The third kappa shape index (κ3) is 5.79. The van der Waals surface area contributed by atoms with Crippen LogP contribution in [0.5, 0.6) is 0 Å². The molecule has 0 aromatic heterocycles. The maximum absolute atomic E-state index is 6.12. The molecule has 30 heavy (non-hydrogen) atoms. The first kappa shape index (κ1) is 23.0. The molecule has 0 atom stereocenters. The van der Waals surface area contributed by atoms with Crippen molar-refractivity contribution >= 4 is 0 Å². The summed E-state index contributed by atoms with van der Waals surface area (Å²) in [6.45, 7) is 24.3. The normalized spacial score (nSPS) is 32.2. The summed E-state index contributed by atoms with van der Waals surface area (Å²) in [5.74, 6) is 1.81. The predicted octanol–water partition coefficient (Wildman–Crippen LogP) is 4.49. The number of nitrogens with zero attached hydrogens (tertiary/aromatic N) is 3. The van der Waals surface area contributed by atoms with Crippen molar-refractivity contribution < 1.29 is 4.74 Å². The molecule has 4 aliphatic rings. The first-order chi connectivity index (χ1) is 14.0. The van der Waals surface area contributed by atoms with Crippen molar-refractivity contribution in [3.63, 3.8) is 0 Å². The largest absolute Gasteiger partial charge is 0.373 e. The fraction of sp³-hybridized carbons (Fsp3) is 1.00. The van der Waals surface area contributed by atoms with Crippen LogP contribution < -0.4 is 0 Å². The lowest BCUT2D eigenvalue weighted by atomic mass is 9.71. The first-order valence-corrected chi connectivity index (χ1v) is 12.9. The van der Waals surface area contributed by atoms with Gasteiger partial charge in [-0.2, -0.15) is 0 Å².